The number of sulfonamides is 1. The number of carbonyl (C=O) groups is 5. The molecule has 4 aliphatic rings. The third-order valence-electron chi connectivity index (χ3n) is 8.80. The Morgan fingerprint density at radius 2 is 1.84 bits per heavy atom. The number of esters is 1. The Morgan fingerprint density at radius 3 is 2.57 bits per heavy atom. The van der Waals surface area contributed by atoms with Gasteiger partial charge in [0.2, 0.25) is 21.8 Å². The van der Waals surface area contributed by atoms with Gasteiger partial charge in [-0.1, -0.05) is 18.2 Å². The molecule has 44 heavy (non-hydrogen) atoms. The van der Waals surface area contributed by atoms with Crippen molar-refractivity contribution in [2.24, 2.45) is 17.8 Å². The third-order valence-corrected chi connectivity index (χ3v) is 10.6. The predicted octanol–water partition coefficient (Wildman–Crippen LogP) is 2.10. The highest BCUT2D eigenvalue weighted by Gasteiger charge is 2.62. The van der Waals surface area contributed by atoms with E-state index in [-0.39, 0.29) is 36.7 Å². The second-order valence-corrected chi connectivity index (χ2v) is 14.0. The standard InChI is InChI=1S/C30H38N4O9S/c1-34-13-6-4-3-5-9-19-17-30(19,28(38)33-44(40,41)22-11-12-22)32-25(35)23-15-21(16-24(23)26(34)36)43-29(39)31-20-10-7-8-18(14-20)27(37)42-2/h5,7-10,14,19,21-24H,3-4,6,11-13,15-17H2,1-2H3,(H,31,39)(H,32,35)(H,33,38). The summed E-state index contributed by atoms with van der Waals surface area (Å²) in [5.74, 6) is -4.30. The lowest BCUT2D eigenvalue weighted by Gasteiger charge is -2.26. The molecular weight excluding hydrogens is 592 g/mol. The molecule has 238 valence electrons. The molecule has 5 atom stereocenters. The maximum atomic E-state index is 13.8. The molecule has 1 aliphatic heterocycles. The van der Waals surface area contributed by atoms with Gasteiger partial charge in [-0.15, -0.1) is 0 Å². The zero-order valence-electron chi connectivity index (χ0n) is 24.7. The van der Waals surface area contributed by atoms with E-state index in [2.05, 4.69) is 15.4 Å². The van der Waals surface area contributed by atoms with Gasteiger partial charge in [-0.2, -0.15) is 0 Å². The average molecular weight is 631 g/mol. The van der Waals surface area contributed by atoms with Crippen LogP contribution >= 0.6 is 0 Å². The van der Waals surface area contributed by atoms with Crippen LogP contribution in [0.25, 0.3) is 0 Å². The lowest BCUT2D eigenvalue weighted by molar-refractivity contribution is -0.140. The number of rotatable bonds is 6. The summed E-state index contributed by atoms with van der Waals surface area (Å²) in [6.45, 7) is 0.495. The minimum Gasteiger partial charge on any atom is -0.465 e. The van der Waals surface area contributed by atoms with Gasteiger partial charge in [-0.25, -0.2) is 18.0 Å². The van der Waals surface area contributed by atoms with Crippen molar-refractivity contribution in [2.75, 3.05) is 26.0 Å². The number of anilines is 1. The fraction of sp³-hybridized carbons (Fsp3) is 0.567. The number of hydrogen-bond acceptors (Lipinski definition) is 9. The monoisotopic (exact) mass is 630 g/mol. The van der Waals surface area contributed by atoms with Crippen molar-refractivity contribution in [2.45, 2.75) is 68.3 Å². The van der Waals surface area contributed by atoms with Crippen molar-refractivity contribution >= 4 is 45.5 Å². The predicted molar refractivity (Wildman–Crippen MR) is 158 cm³/mol. The van der Waals surface area contributed by atoms with Crippen LogP contribution in [0.15, 0.2) is 36.4 Å². The molecule has 0 saturated heterocycles. The first-order valence-electron chi connectivity index (χ1n) is 14.9. The molecule has 3 aliphatic carbocycles. The van der Waals surface area contributed by atoms with Crippen molar-refractivity contribution in [3.63, 3.8) is 0 Å². The zero-order valence-corrected chi connectivity index (χ0v) is 25.6. The van der Waals surface area contributed by atoms with Crippen LogP contribution in [-0.2, 0) is 33.9 Å². The van der Waals surface area contributed by atoms with E-state index in [0.717, 1.165) is 12.8 Å². The second-order valence-electron chi connectivity index (χ2n) is 12.0. The van der Waals surface area contributed by atoms with Crippen LogP contribution in [0.3, 0.4) is 0 Å². The van der Waals surface area contributed by atoms with Crippen LogP contribution in [0.5, 0.6) is 0 Å². The number of ether oxygens (including phenoxy) is 2. The van der Waals surface area contributed by atoms with Gasteiger partial charge < -0.3 is 19.7 Å². The van der Waals surface area contributed by atoms with Crippen LogP contribution in [0, 0.1) is 17.8 Å². The summed E-state index contributed by atoms with van der Waals surface area (Å²) in [6.07, 6.45) is 5.74. The first-order valence-corrected chi connectivity index (χ1v) is 16.4. The van der Waals surface area contributed by atoms with E-state index < -0.39 is 62.6 Å². The van der Waals surface area contributed by atoms with Crippen molar-refractivity contribution in [3.8, 4) is 0 Å². The van der Waals surface area contributed by atoms with E-state index in [0.29, 0.717) is 31.5 Å². The molecule has 14 heteroatoms. The molecule has 13 nitrogen and oxygen atoms in total. The molecule has 1 aromatic rings. The summed E-state index contributed by atoms with van der Waals surface area (Å²) < 4.78 is 37.6. The Balaban J connectivity index is 1.33. The minimum atomic E-state index is -3.84. The Hall–Kier alpha value is -3.94. The number of carbonyl (C=O) groups excluding carboxylic acids is 5. The summed E-state index contributed by atoms with van der Waals surface area (Å²) in [5.41, 5.74) is -0.915. The lowest BCUT2D eigenvalue weighted by atomic mass is 9.93. The smallest absolute Gasteiger partial charge is 0.411 e. The average Bonchev–Trinajstić information content (AvgIpc) is 3.91. The first-order chi connectivity index (χ1) is 20.9. The SMILES string of the molecule is COC(=O)c1cccc(NC(=O)OC2CC3C(=O)NC4(C(=O)NS(=O)(=O)C5CC5)CC4C=CCCCCN(C)C(=O)C3C2)c1. The number of benzene rings is 1. The van der Waals surface area contributed by atoms with Crippen LogP contribution in [0.2, 0.25) is 0 Å². The molecule has 0 bridgehead atoms. The number of hydrogen-bond donors (Lipinski definition) is 3. The molecule has 3 N–H and O–H groups in total. The molecule has 3 saturated carbocycles. The van der Waals surface area contributed by atoms with Crippen molar-refractivity contribution < 1.29 is 41.9 Å². The van der Waals surface area contributed by atoms with Gasteiger partial charge in [-0.3, -0.25) is 24.4 Å². The summed E-state index contributed by atoms with van der Waals surface area (Å²) in [4.78, 5) is 66.9. The van der Waals surface area contributed by atoms with Gasteiger partial charge in [0, 0.05) is 25.2 Å². The molecule has 3 fully saturated rings. The normalized spacial score (nSPS) is 28.9. The minimum absolute atomic E-state index is 0.0320. The molecule has 0 radical (unpaired) electrons. The molecule has 0 aromatic heterocycles. The number of methoxy groups -OCH3 is 1. The van der Waals surface area contributed by atoms with E-state index in [1.54, 1.807) is 24.1 Å². The Bertz CT molecular complexity index is 1470. The lowest BCUT2D eigenvalue weighted by Crippen LogP contribution is -2.54. The summed E-state index contributed by atoms with van der Waals surface area (Å²) >= 11 is 0. The highest BCUT2D eigenvalue weighted by molar-refractivity contribution is 7.91. The van der Waals surface area contributed by atoms with Crippen molar-refractivity contribution in [1.82, 2.24) is 14.9 Å². The Labute approximate surface area is 256 Å². The fourth-order valence-electron chi connectivity index (χ4n) is 6.03. The largest absolute Gasteiger partial charge is 0.465 e. The topological polar surface area (TPSA) is 177 Å². The Kier molecular flexibility index (Phi) is 9.00. The van der Waals surface area contributed by atoms with Gasteiger partial charge in [-0.05, 0) is 69.6 Å². The fourth-order valence-corrected chi connectivity index (χ4v) is 7.40. The van der Waals surface area contributed by atoms with Crippen molar-refractivity contribution in [1.29, 1.82) is 0 Å². The Morgan fingerprint density at radius 1 is 1.09 bits per heavy atom. The highest BCUT2D eigenvalue weighted by Crippen LogP contribution is 2.47. The van der Waals surface area contributed by atoms with Gasteiger partial charge >= 0.3 is 12.1 Å². The van der Waals surface area contributed by atoms with E-state index in [9.17, 15) is 32.4 Å². The van der Waals surface area contributed by atoms with Crippen LogP contribution in [0.1, 0.15) is 61.7 Å². The molecule has 1 aromatic carbocycles. The number of nitrogens with one attached hydrogen (secondary N) is 3. The number of fused-ring (bicyclic) bond motifs is 2. The summed E-state index contributed by atoms with van der Waals surface area (Å²) in [7, 11) is -0.926. The highest BCUT2D eigenvalue weighted by atomic mass is 32.2. The van der Waals surface area contributed by atoms with Crippen LogP contribution < -0.4 is 15.4 Å². The summed E-state index contributed by atoms with van der Waals surface area (Å²) in [5, 5.41) is 4.77. The molecule has 5 unspecified atom stereocenters. The van der Waals surface area contributed by atoms with E-state index >= 15 is 0 Å². The van der Waals surface area contributed by atoms with E-state index in [4.69, 9.17) is 9.47 Å². The van der Waals surface area contributed by atoms with Gasteiger partial charge in [0.15, 0.2) is 0 Å². The molecular formula is C30H38N4O9S. The second kappa shape index (κ2) is 12.6. The number of allylic oxidation sites excluding steroid dienone is 1. The third kappa shape index (κ3) is 6.90. The van der Waals surface area contributed by atoms with Crippen LogP contribution in [0.4, 0.5) is 10.5 Å². The van der Waals surface area contributed by atoms with Gasteiger partial charge in [0.05, 0.1) is 29.8 Å². The molecule has 4 amide bonds. The maximum Gasteiger partial charge on any atom is 0.411 e. The van der Waals surface area contributed by atoms with Crippen LogP contribution in [-0.4, -0.2) is 80.7 Å². The van der Waals surface area contributed by atoms with Crippen molar-refractivity contribution in [3.05, 3.63) is 42.0 Å². The van der Waals surface area contributed by atoms with E-state index in [1.807, 2.05) is 12.2 Å². The molecule has 1 heterocycles. The molecule has 5 rings (SSSR count). The van der Waals surface area contributed by atoms with Gasteiger partial charge in [0.1, 0.15) is 11.6 Å². The maximum absolute atomic E-state index is 13.8. The number of nitrogens with zero attached hydrogens (tertiary/aromatic N) is 1. The summed E-state index contributed by atoms with van der Waals surface area (Å²) in [6, 6.07) is 6.10. The number of amides is 4. The zero-order chi connectivity index (χ0) is 31.6. The van der Waals surface area contributed by atoms with Gasteiger partial charge in [0.25, 0.3) is 5.91 Å². The quantitative estimate of drug-likeness (QED) is 0.314. The molecule has 0 spiro atoms. The van der Waals surface area contributed by atoms with E-state index in [1.165, 1.54) is 19.2 Å². The first kappa shape index (κ1) is 31.5.